The molecule has 9 heavy (non-hydrogen) atoms. The van der Waals surface area contributed by atoms with Crippen LogP contribution in [0.4, 0.5) is 0 Å². The molecule has 0 spiro atoms. The van der Waals surface area contributed by atoms with Crippen molar-refractivity contribution < 1.29 is 17.1 Å². The van der Waals surface area contributed by atoms with E-state index in [0.29, 0.717) is 0 Å². The third kappa shape index (κ3) is 2.67. The minimum atomic E-state index is -0.0799. The molecule has 0 unspecified atom stereocenters. The van der Waals surface area contributed by atoms with Gasteiger partial charge in [-0.15, -0.1) is 0 Å². The predicted molar refractivity (Wildman–Crippen MR) is 34.7 cm³/mol. The summed E-state index contributed by atoms with van der Waals surface area (Å²) < 4.78 is 0. The summed E-state index contributed by atoms with van der Waals surface area (Å²) in [6.07, 6.45) is 4.25. The van der Waals surface area contributed by atoms with Crippen LogP contribution in [0.1, 0.15) is 25.7 Å². The van der Waals surface area contributed by atoms with Gasteiger partial charge in [-0.05, 0) is 0 Å². The SMILES string of the molecule is [Cu+2].[NH-][C@@H]1CCCC[C@H]1[NH-]. The Kier molecular flexibility index (Phi) is 4.50. The molecule has 0 saturated heterocycles. The molecule has 3 heteroatoms. The average molecular weight is 176 g/mol. The van der Waals surface area contributed by atoms with Crippen LogP contribution in [0.25, 0.3) is 11.5 Å². The van der Waals surface area contributed by atoms with Crippen LogP contribution in [0.15, 0.2) is 0 Å². The van der Waals surface area contributed by atoms with Crippen LogP contribution in [0.3, 0.4) is 0 Å². The van der Waals surface area contributed by atoms with E-state index < -0.39 is 0 Å². The predicted octanol–water partition coefficient (Wildman–Crippen LogP) is 2.40. The Labute approximate surface area is 66.8 Å². The minimum Gasteiger partial charge on any atom is -0.676 e. The smallest absolute Gasteiger partial charge is 0.676 e. The van der Waals surface area contributed by atoms with Crippen molar-refractivity contribution in [2.75, 3.05) is 0 Å². The van der Waals surface area contributed by atoms with Crippen molar-refractivity contribution in [1.29, 1.82) is 0 Å². The summed E-state index contributed by atoms with van der Waals surface area (Å²) in [4.78, 5) is 0. The topological polar surface area (TPSA) is 47.6 Å². The van der Waals surface area contributed by atoms with Gasteiger partial charge >= 0.3 is 17.1 Å². The van der Waals surface area contributed by atoms with Crippen LogP contribution in [-0.2, 0) is 17.1 Å². The average Bonchev–Trinajstić information content (AvgIpc) is 1.77. The number of nitrogens with one attached hydrogen (secondary N) is 2. The molecule has 1 rings (SSSR count). The summed E-state index contributed by atoms with van der Waals surface area (Å²) in [7, 11) is 0. The Morgan fingerprint density at radius 1 is 0.889 bits per heavy atom. The van der Waals surface area contributed by atoms with E-state index in [9.17, 15) is 0 Å². The maximum Gasteiger partial charge on any atom is 2.00 e. The van der Waals surface area contributed by atoms with Gasteiger partial charge in [0.15, 0.2) is 0 Å². The number of rotatable bonds is 0. The van der Waals surface area contributed by atoms with Crippen LogP contribution in [0.2, 0.25) is 0 Å². The van der Waals surface area contributed by atoms with E-state index in [1.807, 2.05) is 0 Å². The summed E-state index contributed by atoms with van der Waals surface area (Å²) >= 11 is 0. The van der Waals surface area contributed by atoms with Gasteiger partial charge < -0.3 is 11.5 Å². The first-order chi connectivity index (χ1) is 3.80. The summed E-state index contributed by atoms with van der Waals surface area (Å²) in [5.74, 6) is 0. The molecule has 1 saturated carbocycles. The van der Waals surface area contributed by atoms with E-state index in [0.717, 1.165) is 12.8 Å². The van der Waals surface area contributed by atoms with E-state index in [1.54, 1.807) is 0 Å². The minimum absolute atomic E-state index is 0. The first kappa shape index (κ1) is 9.44. The van der Waals surface area contributed by atoms with Gasteiger partial charge in [0.05, 0.1) is 0 Å². The monoisotopic (exact) mass is 175 g/mol. The fourth-order valence-electron chi connectivity index (χ4n) is 1.13. The van der Waals surface area contributed by atoms with Crippen molar-refractivity contribution in [3.8, 4) is 0 Å². The molecule has 0 aromatic rings. The molecule has 1 aliphatic carbocycles. The maximum atomic E-state index is 7.29. The second-order valence-electron chi connectivity index (χ2n) is 2.50. The van der Waals surface area contributed by atoms with Crippen LogP contribution >= 0.6 is 0 Å². The van der Waals surface area contributed by atoms with Crippen molar-refractivity contribution in [2.24, 2.45) is 0 Å². The molecule has 0 amide bonds. The van der Waals surface area contributed by atoms with Gasteiger partial charge in [0.25, 0.3) is 0 Å². The Hall–Kier alpha value is 0.439. The van der Waals surface area contributed by atoms with Gasteiger partial charge in [-0.1, -0.05) is 25.7 Å². The van der Waals surface area contributed by atoms with Crippen molar-refractivity contribution >= 4 is 0 Å². The molecule has 1 radical (unpaired) electrons. The fourth-order valence-corrected chi connectivity index (χ4v) is 1.13. The zero-order valence-corrected chi connectivity index (χ0v) is 6.23. The molecule has 0 aromatic carbocycles. The molecule has 1 aliphatic rings. The van der Waals surface area contributed by atoms with Crippen LogP contribution in [-0.4, -0.2) is 12.1 Å². The zero-order chi connectivity index (χ0) is 5.98. The molecule has 2 N–H and O–H groups in total. The van der Waals surface area contributed by atoms with Crippen LogP contribution in [0.5, 0.6) is 0 Å². The summed E-state index contributed by atoms with van der Waals surface area (Å²) in [6, 6.07) is -0.160. The fraction of sp³-hybridized carbons (Fsp3) is 1.00. The van der Waals surface area contributed by atoms with Gasteiger partial charge in [0.1, 0.15) is 0 Å². The van der Waals surface area contributed by atoms with Crippen molar-refractivity contribution in [1.82, 2.24) is 0 Å². The Bertz CT molecular complexity index is 67.5. The third-order valence-corrected chi connectivity index (χ3v) is 1.77. The third-order valence-electron chi connectivity index (χ3n) is 1.77. The first-order valence-corrected chi connectivity index (χ1v) is 3.23. The molecule has 0 heterocycles. The second kappa shape index (κ2) is 4.29. The quantitative estimate of drug-likeness (QED) is 0.508. The van der Waals surface area contributed by atoms with E-state index in [4.69, 9.17) is 11.5 Å². The van der Waals surface area contributed by atoms with Gasteiger partial charge in [0, 0.05) is 0 Å². The Morgan fingerprint density at radius 2 is 1.22 bits per heavy atom. The van der Waals surface area contributed by atoms with Gasteiger partial charge in [-0.2, -0.15) is 12.1 Å². The molecule has 0 aliphatic heterocycles. The molecular weight excluding hydrogens is 164 g/mol. The van der Waals surface area contributed by atoms with Gasteiger partial charge in [0.2, 0.25) is 0 Å². The molecule has 0 aromatic heterocycles. The second-order valence-corrected chi connectivity index (χ2v) is 2.50. The standard InChI is InChI=1S/C6H12N2.Cu/c7-5-3-1-2-4-6(5)8;/h5-8H,1-4H2;/q-2;+2/t5-,6-;/m1./s1. The first-order valence-electron chi connectivity index (χ1n) is 3.23. The Morgan fingerprint density at radius 3 is 1.44 bits per heavy atom. The van der Waals surface area contributed by atoms with Crippen molar-refractivity contribution in [2.45, 2.75) is 37.8 Å². The molecule has 0 bridgehead atoms. The number of hydrogen-bond acceptors (Lipinski definition) is 0. The zero-order valence-electron chi connectivity index (χ0n) is 5.28. The summed E-state index contributed by atoms with van der Waals surface area (Å²) in [5.41, 5.74) is 14.6. The van der Waals surface area contributed by atoms with Gasteiger partial charge in [-0.25, -0.2) is 0 Å². The summed E-state index contributed by atoms with van der Waals surface area (Å²) in [5, 5.41) is 0. The maximum absolute atomic E-state index is 7.29. The molecule has 2 nitrogen and oxygen atoms in total. The summed E-state index contributed by atoms with van der Waals surface area (Å²) in [6.45, 7) is 0. The molecular formula is C6H12CuN2. The normalized spacial score (nSPS) is 35.3. The van der Waals surface area contributed by atoms with E-state index >= 15 is 0 Å². The molecule has 1 fully saturated rings. The molecule has 2 atom stereocenters. The van der Waals surface area contributed by atoms with E-state index in [2.05, 4.69) is 0 Å². The molecule has 57 valence electrons. The van der Waals surface area contributed by atoms with Crippen molar-refractivity contribution in [3.63, 3.8) is 0 Å². The van der Waals surface area contributed by atoms with Crippen molar-refractivity contribution in [3.05, 3.63) is 11.5 Å². The van der Waals surface area contributed by atoms with Crippen LogP contribution < -0.4 is 0 Å². The largest absolute Gasteiger partial charge is 2.00 e. The van der Waals surface area contributed by atoms with E-state index in [-0.39, 0.29) is 29.2 Å². The Balaban J connectivity index is 0.000000640. The van der Waals surface area contributed by atoms with E-state index in [1.165, 1.54) is 12.8 Å². The van der Waals surface area contributed by atoms with Gasteiger partial charge in [-0.3, -0.25) is 0 Å². The van der Waals surface area contributed by atoms with Crippen LogP contribution in [0, 0.1) is 0 Å². The number of hydrogen-bond donors (Lipinski definition) is 0.